The molecule has 1 saturated carbocycles. The molecule has 0 bridgehead atoms. The van der Waals surface area contributed by atoms with Gasteiger partial charge in [0.25, 0.3) is 0 Å². The standard InChI is InChI=1S/C10H21NO3S/c11-15(12,13)9-4-2-1-3-8-14-10-6-5-7-10/h10H,1-9H2,(H2,11,12,13). The summed E-state index contributed by atoms with van der Waals surface area (Å²) in [6.45, 7) is 0.819. The van der Waals surface area contributed by atoms with Crippen molar-refractivity contribution in [2.75, 3.05) is 12.4 Å². The summed E-state index contributed by atoms with van der Waals surface area (Å²) >= 11 is 0. The summed E-state index contributed by atoms with van der Waals surface area (Å²) in [6.07, 6.45) is 7.89. The van der Waals surface area contributed by atoms with Crippen molar-refractivity contribution in [2.24, 2.45) is 5.14 Å². The van der Waals surface area contributed by atoms with Crippen molar-refractivity contribution in [3.05, 3.63) is 0 Å². The van der Waals surface area contributed by atoms with Crippen LogP contribution in [0.15, 0.2) is 0 Å². The highest BCUT2D eigenvalue weighted by Crippen LogP contribution is 2.22. The van der Waals surface area contributed by atoms with E-state index in [1.54, 1.807) is 0 Å². The zero-order valence-electron chi connectivity index (χ0n) is 9.15. The molecule has 0 atom stereocenters. The first-order valence-corrected chi connectivity index (χ1v) is 7.41. The van der Waals surface area contributed by atoms with Gasteiger partial charge in [-0.05, 0) is 32.1 Å². The maximum absolute atomic E-state index is 10.6. The van der Waals surface area contributed by atoms with Crippen molar-refractivity contribution in [3.63, 3.8) is 0 Å². The molecule has 5 heteroatoms. The van der Waals surface area contributed by atoms with Crippen LogP contribution in [0.1, 0.15) is 44.9 Å². The third-order valence-electron chi connectivity index (χ3n) is 2.73. The molecule has 4 nitrogen and oxygen atoms in total. The maximum Gasteiger partial charge on any atom is 0.209 e. The quantitative estimate of drug-likeness (QED) is 0.647. The van der Waals surface area contributed by atoms with Crippen LogP contribution in [-0.2, 0) is 14.8 Å². The van der Waals surface area contributed by atoms with Gasteiger partial charge < -0.3 is 4.74 Å². The zero-order valence-corrected chi connectivity index (χ0v) is 9.97. The van der Waals surface area contributed by atoms with Crippen LogP contribution < -0.4 is 5.14 Å². The van der Waals surface area contributed by atoms with E-state index >= 15 is 0 Å². The number of sulfonamides is 1. The second kappa shape index (κ2) is 6.45. The Morgan fingerprint density at radius 1 is 1.13 bits per heavy atom. The van der Waals surface area contributed by atoms with Crippen LogP contribution in [0.2, 0.25) is 0 Å². The van der Waals surface area contributed by atoms with Gasteiger partial charge in [0.2, 0.25) is 10.0 Å². The minimum Gasteiger partial charge on any atom is -0.378 e. The lowest BCUT2D eigenvalue weighted by Crippen LogP contribution is -2.21. The van der Waals surface area contributed by atoms with Gasteiger partial charge in [0.1, 0.15) is 0 Å². The average molecular weight is 235 g/mol. The van der Waals surface area contributed by atoms with Crippen molar-refractivity contribution in [3.8, 4) is 0 Å². The largest absolute Gasteiger partial charge is 0.378 e. The molecule has 0 aromatic carbocycles. The van der Waals surface area contributed by atoms with Gasteiger partial charge in [-0.2, -0.15) is 0 Å². The second-order valence-corrected chi connectivity index (χ2v) is 5.94. The van der Waals surface area contributed by atoms with Crippen molar-refractivity contribution >= 4 is 10.0 Å². The van der Waals surface area contributed by atoms with Crippen molar-refractivity contribution in [1.29, 1.82) is 0 Å². The van der Waals surface area contributed by atoms with Crippen molar-refractivity contribution in [1.82, 2.24) is 0 Å². The third kappa shape index (κ3) is 6.87. The molecule has 0 aromatic heterocycles. The Hall–Kier alpha value is -0.130. The van der Waals surface area contributed by atoms with Gasteiger partial charge in [-0.15, -0.1) is 0 Å². The van der Waals surface area contributed by atoms with E-state index in [2.05, 4.69) is 0 Å². The molecule has 0 aromatic rings. The van der Waals surface area contributed by atoms with Crippen LogP contribution in [0.3, 0.4) is 0 Å². The SMILES string of the molecule is NS(=O)(=O)CCCCCCOC1CCC1. The number of hydrogen-bond acceptors (Lipinski definition) is 3. The Morgan fingerprint density at radius 3 is 2.33 bits per heavy atom. The van der Waals surface area contributed by atoms with Crippen molar-refractivity contribution in [2.45, 2.75) is 51.0 Å². The Labute approximate surface area is 92.2 Å². The summed E-state index contributed by atoms with van der Waals surface area (Å²) in [5, 5.41) is 4.89. The van der Waals surface area contributed by atoms with Crippen LogP contribution in [0.5, 0.6) is 0 Å². The number of hydrogen-bond donors (Lipinski definition) is 1. The lowest BCUT2D eigenvalue weighted by Gasteiger charge is -2.25. The molecule has 1 aliphatic carbocycles. The Balaban J connectivity index is 1.80. The Kier molecular flexibility index (Phi) is 5.56. The van der Waals surface area contributed by atoms with E-state index in [9.17, 15) is 8.42 Å². The highest BCUT2D eigenvalue weighted by molar-refractivity contribution is 7.89. The first-order chi connectivity index (χ1) is 7.08. The molecule has 0 spiro atoms. The van der Waals surface area contributed by atoms with E-state index in [-0.39, 0.29) is 5.75 Å². The Bertz CT molecular complexity index is 260. The van der Waals surface area contributed by atoms with E-state index in [1.165, 1.54) is 19.3 Å². The molecule has 0 unspecified atom stereocenters. The fraction of sp³-hybridized carbons (Fsp3) is 1.00. The molecule has 0 saturated heterocycles. The summed E-state index contributed by atoms with van der Waals surface area (Å²) in [4.78, 5) is 0. The summed E-state index contributed by atoms with van der Waals surface area (Å²) in [7, 11) is -3.26. The molecule has 0 heterocycles. The molecule has 1 aliphatic rings. The van der Waals surface area contributed by atoms with Gasteiger partial charge in [0.15, 0.2) is 0 Å². The van der Waals surface area contributed by atoms with E-state index in [1.807, 2.05) is 0 Å². The minimum absolute atomic E-state index is 0.108. The second-order valence-electron chi connectivity index (χ2n) is 4.20. The van der Waals surface area contributed by atoms with E-state index in [0.29, 0.717) is 12.5 Å². The van der Waals surface area contributed by atoms with Crippen molar-refractivity contribution < 1.29 is 13.2 Å². The molecular formula is C10H21NO3S. The Morgan fingerprint density at radius 2 is 1.80 bits per heavy atom. The fourth-order valence-electron chi connectivity index (χ4n) is 1.55. The summed E-state index contributed by atoms with van der Waals surface area (Å²) < 4.78 is 26.8. The number of unbranched alkanes of at least 4 members (excludes halogenated alkanes) is 3. The molecule has 0 radical (unpaired) electrons. The summed E-state index contributed by atoms with van der Waals surface area (Å²) in [5.41, 5.74) is 0. The van der Waals surface area contributed by atoms with Crippen LogP contribution in [-0.4, -0.2) is 26.9 Å². The van der Waals surface area contributed by atoms with E-state index < -0.39 is 10.0 Å². The molecule has 0 aliphatic heterocycles. The molecule has 0 amide bonds. The predicted molar refractivity (Wildman–Crippen MR) is 60.0 cm³/mol. The minimum atomic E-state index is -3.26. The van der Waals surface area contributed by atoms with E-state index in [4.69, 9.17) is 9.88 Å². The monoisotopic (exact) mass is 235 g/mol. The zero-order chi connectivity index (χ0) is 11.1. The normalized spacial score (nSPS) is 17.7. The van der Waals surface area contributed by atoms with Gasteiger partial charge >= 0.3 is 0 Å². The van der Waals surface area contributed by atoms with Crippen LogP contribution >= 0.6 is 0 Å². The maximum atomic E-state index is 10.6. The lowest BCUT2D eigenvalue weighted by molar-refractivity contribution is 0.000654. The van der Waals surface area contributed by atoms with E-state index in [0.717, 1.165) is 25.9 Å². The number of rotatable bonds is 8. The van der Waals surface area contributed by atoms with Gasteiger partial charge in [-0.1, -0.05) is 12.8 Å². The first-order valence-electron chi connectivity index (χ1n) is 5.70. The average Bonchev–Trinajstić information content (AvgIpc) is 2.04. The molecule has 15 heavy (non-hydrogen) atoms. The predicted octanol–water partition coefficient (Wildman–Crippen LogP) is 1.40. The molecule has 1 rings (SSSR count). The van der Waals surface area contributed by atoms with Gasteiger partial charge in [-0.3, -0.25) is 0 Å². The highest BCUT2D eigenvalue weighted by Gasteiger charge is 2.16. The number of nitrogens with two attached hydrogens (primary N) is 1. The van der Waals surface area contributed by atoms with Gasteiger partial charge in [-0.25, -0.2) is 13.6 Å². The highest BCUT2D eigenvalue weighted by atomic mass is 32.2. The molecule has 90 valence electrons. The molecule has 2 N–H and O–H groups in total. The fourth-order valence-corrected chi connectivity index (χ4v) is 2.15. The molecular weight excluding hydrogens is 214 g/mol. The topological polar surface area (TPSA) is 69.4 Å². The van der Waals surface area contributed by atoms with Crippen LogP contribution in [0, 0.1) is 0 Å². The van der Waals surface area contributed by atoms with Crippen LogP contribution in [0.25, 0.3) is 0 Å². The lowest BCUT2D eigenvalue weighted by atomic mass is 9.96. The van der Waals surface area contributed by atoms with Crippen LogP contribution in [0.4, 0.5) is 0 Å². The first kappa shape index (κ1) is 12.9. The molecule has 1 fully saturated rings. The number of ether oxygens (including phenoxy) is 1. The number of primary sulfonamides is 1. The van der Waals surface area contributed by atoms with Gasteiger partial charge in [0, 0.05) is 6.61 Å². The third-order valence-corrected chi connectivity index (χ3v) is 3.59. The summed E-state index contributed by atoms with van der Waals surface area (Å²) in [6, 6.07) is 0. The van der Waals surface area contributed by atoms with Gasteiger partial charge in [0.05, 0.1) is 11.9 Å². The smallest absolute Gasteiger partial charge is 0.209 e. The summed E-state index contributed by atoms with van der Waals surface area (Å²) in [5.74, 6) is 0.108.